The van der Waals surface area contributed by atoms with Gasteiger partial charge in [-0.1, -0.05) is 5.16 Å². The molecule has 0 unspecified atom stereocenters. The molecule has 108 valence electrons. The fourth-order valence-electron chi connectivity index (χ4n) is 2.07. The third-order valence-electron chi connectivity index (χ3n) is 3.40. The number of carbonyl (C=O) groups excluding carboxylic acids is 1. The number of oxime groups is 1. The average molecular weight is 283 g/mol. The molecule has 0 saturated heterocycles. The lowest BCUT2D eigenvalue weighted by Crippen LogP contribution is -2.41. The molecule has 20 heavy (non-hydrogen) atoms. The minimum absolute atomic E-state index is 0.105. The number of amides is 1. The van der Waals surface area contributed by atoms with Crippen molar-refractivity contribution in [2.45, 2.75) is 19.3 Å². The van der Waals surface area contributed by atoms with E-state index >= 15 is 0 Å². The van der Waals surface area contributed by atoms with E-state index in [1.54, 1.807) is 0 Å². The van der Waals surface area contributed by atoms with Crippen LogP contribution in [0.15, 0.2) is 23.4 Å². The van der Waals surface area contributed by atoms with Crippen molar-refractivity contribution in [1.82, 2.24) is 5.32 Å². The monoisotopic (exact) mass is 283 g/mol. The van der Waals surface area contributed by atoms with E-state index in [0.717, 1.165) is 6.07 Å². The summed E-state index contributed by atoms with van der Waals surface area (Å²) in [6.07, 6.45) is 1.36. The van der Waals surface area contributed by atoms with E-state index in [1.807, 2.05) is 0 Å². The third kappa shape index (κ3) is 2.87. The van der Waals surface area contributed by atoms with Crippen LogP contribution >= 0.6 is 0 Å². The van der Waals surface area contributed by atoms with Crippen molar-refractivity contribution in [3.05, 3.63) is 35.4 Å². The molecule has 5 nitrogen and oxygen atoms in total. The van der Waals surface area contributed by atoms with Gasteiger partial charge in [0.1, 0.15) is 17.0 Å². The Morgan fingerprint density at radius 2 is 1.95 bits per heavy atom. The van der Waals surface area contributed by atoms with E-state index < -0.39 is 17.0 Å². The Morgan fingerprint density at radius 3 is 2.45 bits per heavy atom. The van der Waals surface area contributed by atoms with Crippen molar-refractivity contribution < 1.29 is 18.8 Å². The summed E-state index contributed by atoms with van der Waals surface area (Å²) in [5.74, 6) is -1.74. The second-order valence-electron chi connectivity index (χ2n) is 4.85. The van der Waals surface area contributed by atoms with Gasteiger partial charge < -0.3 is 16.3 Å². The van der Waals surface area contributed by atoms with Crippen LogP contribution in [0.25, 0.3) is 0 Å². The number of rotatable bonds is 5. The average Bonchev–Trinajstić information content (AvgIpc) is 3.18. The summed E-state index contributed by atoms with van der Waals surface area (Å²) >= 11 is 0. The zero-order chi connectivity index (χ0) is 14.8. The molecule has 1 aliphatic rings. The zero-order valence-corrected chi connectivity index (χ0v) is 10.7. The van der Waals surface area contributed by atoms with Crippen molar-refractivity contribution in [2.75, 3.05) is 6.54 Å². The Balaban J connectivity index is 1.89. The quantitative estimate of drug-likeness (QED) is 0.328. The molecule has 0 aliphatic heterocycles. The van der Waals surface area contributed by atoms with Crippen LogP contribution in [0.5, 0.6) is 0 Å². The second kappa shape index (κ2) is 5.44. The highest BCUT2D eigenvalue weighted by Gasteiger charge is 2.54. The molecule has 2 rings (SSSR count). The SMILES string of the molecule is N/C(=N/O)C1(C(=O)NCCc2cc(F)cc(F)c2)CC1. The Hall–Kier alpha value is -2.18. The van der Waals surface area contributed by atoms with Crippen LogP contribution in [0.2, 0.25) is 0 Å². The number of amidine groups is 1. The number of nitrogens with zero attached hydrogens (tertiary/aromatic N) is 1. The number of hydrogen-bond acceptors (Lipinski definition) is 3. The van der Waals surface area contributed by atoms with Gasteiger partial charge >= 0.3 is 0 Å². The standard InChI is InChI=1S/C13H15F2N3O2/c14-9-5-8(6-10(15)7-9)1-4-17-12(19)13(2-3-13)11(16)18-20/h5-7,20H,1-4H2,(H2,16,18)(H,17,19). The molecule has 1 aromatic carbocycles. The number of benzene rings is 1. The molecule has 1 amide bonds. The molecule has 1 saturated carbocycles. The molecule has 1 fully saturated rings. The summed E-state index contributed by atoms with van der Waals surface area (Å²) in [5, 5.41) is 14.1. The van der Waals surface area contributed by atoms with Crippen LogP contribution < -0.4 is 11.1 Å². The maximum Gasteiger partial charge on any atom is 0.233 e. The lowest BCUT2D eigenvalue weighted by Gasteiger charge is -2.13. The summed E-state index contributed by atoms with van der Waals surface area (Å²) in [5.41, 5.74) is 5.02. The Labute approximate surface area is 114 Å². The summed E-state index contributed by atoms with van der Waals surface area (Å²) in [6, 6.07) is 3.22. The summed E-state index contributed by atoms with van der Waals surface area (Å²) < 4.78 is 26.0. The van der Waals surface area contributed by atoms with Gasteiger partial charge in [0.25, 0.3) is 0 Å². The molecular weight excluding hydrogens is 268 g/mol. The lowest BCUT2D eigenvalue weighted by molar-refractivity contribution is -0.124. The molecule has 4 N–H and O–H groups in total. The van der Waals surface area contributed by atoms with E-state index in [1.165, 1.54) is 12.1 Å². The smallest absolute Gasteiger partial charge is 0.233 e. The maximum atomic E-state index is 13.0. The first-order chi connectivity index (χ1) is 9.48. The first kappa shape index (κ1) is 14.2. The van der Waals surface area contributed by atoms with Gasteiger partial charge in [0.15, 0.2) is 5.84 Å². The predicted octanol–water partition coefficient (Wildman–Crippen LogP) is 1.15. The predicted molar refractivity (Wildman–Crippen MR) is 68.1 cm³/mol. The van der Waals surface area contributed by atoms with Crippen molar-refractivity contribution >= 4 is 11.7 Å². The third-order valence-corrected chi connectivity index (χ3v) is 3.40. The summed E-state index contributed by atoms with van der Waals surface area (Å²) in [4.78, 5) is 11.9. The Morgan fingerprint density at radius 1 is 1.35 bits per heavy atom. The molecule has 0 heterocycles. The minimum Gasteiger partial charge on any atom is -0.409 e. The molecule has 1 aliphatic carbocycles. The lowest BCUT2D eigenvalue weighted by atomic mass is 10.0. The van der Waals surface area contributed by atoms with Gasteiger partial charge in [-0.2, -0.15) is 0 Å². The summed E-state index contributed by atoms with van der Waals surface area (Å²) in [7, 11) is 0. The van der Waals surface area contributed by atoms with Crippen molar-refractivity contribution in [2.24, 2.45) is 16.3 Å². The number of hydrogen-bond donors (Lipinski definition) is 3. The first-order valence-electron chi connectivity index (χ1n) is 6.19. The molecular formula is C13H15F2N3O2. The van der Waals surface area contributed by atoms with Crippen LogP contribution in [-0.2, 0) is 11.2 Å². The fourth-order valence-corrected chi connectivity index (χ4v) is 2.07. The largest absolute Gasteiger partial charge is 0.409 e. The minimum atomic E-state index is -0.915. The van der Waals surface area contributed by atoms with Crippen LogP contribution in [0, 0.1) is 17.0 Å². The van der Waals surface area contributed by atoms with E-state index in [0.29, 0.717) is 24.8 Å². The zero-order valence-electron chi connectivity index (χ0n) is 10.7. The Bertz CT molecular complexity index is 536. The van der Waals surface area contributed by atoms with Gasteiger partial charge in [-0.15, -0.1) is 0 Å². The highest BCUT2D eigenvalue weighted by atomic mass is 19.1. The van der Waals surface area contributed by atoms with Gasteiger partial charge in [-0.3, -0.25) is 4.79 Å². The number of nitrogens with two attached hydrogens (primary N) is 1. The molecule has 7 heteroatoms. The van der Waals surface area contributed by atoms with Gasteiger partial charge in [0.05, 0.1) is 0 Å². The van der Waals surface area contributed by atoms with E-state index in [-0.39, 0.29) is 18.3 Å². The van der Waals surface area contributed by atoms with E-state index in [4.69, 9.17) is 10.9 Å². The molecule has 0 atom stereocenters. The van der Waals surface area contributed by atoms with Gasteiger partial charge in [0, 0.05) is 12.6 Å². The topological polar surface area (TPSA) is 87.7 Å². The molecule has 0 spiro atoms. The number of carbonyl (C=O) groups is 1. The van der Waals surface area contributed by atoms with Gasteiger partial charge in [-0.25, -0.2) is 8.78 Å². The molecule has 0 radical (unpaired) electrons. The van der Waals surface area contributed by atoms with Crippen LogP contribution in [-0.4, -0.2) is 23.5 Å². The van der Waals surface area contributed by atoms with Gasteiger partial charge in [-0.05, 0) is 37.0 Å². The number of nitrogens with one attached hydrogen (secondary N) is 1. The fraction of sp³-hybridized carbons (Fsp3) is 0.385. The highest BCUT2D eigenvalue weighted by Crippen LogP contribution is 2.45. The van der Waals surface area contributed by atoms with Gasteiger partial charge in [0.2, 0.25) is 5.91 Å². The molecule has 0 bridgehead atoms. The Kier molecular flexibility index (Phi) is 3.87. The maximum absolute atomic E-state index is 13.0. The van der Waals surface area contributed by atoms with Crippen molar-refractivity contribution in [3.63, 3.8) is 0 Å². The van der Waals surface area contributed by atoms with Crippen LogP contribution in [0.1, 0.15) is 18.4 Å². The van der Waals surface area contributed by atoms with Crippen molar-refractivity contribution in [3.8, 4) is 0 Å². The van der Waals surface area contributed by atoms with Crippen LogP contribution in [0.4, 0.5) is 8.78 Å². The van der Waals surface area contributed by atoms with E-state index in [2.05, 4.69) is 10.5 Å². The highest BCUT2D eigenvalue weighted by molar-refractivity contribution is 6.09. The summed E-state index contributed by atoms with van der Waals surface area (Å²) in [6.45, 7) is 0.224. The molecule has 0 aromatic heterocycles. The molecule has 1 aromatic rings. The first-order valence-corrected chi connectivity index (χ1v) is 6.19. The van der Waals surface area contributed by atoms with Crippen LogP contribution in [0.3, 0.4) is 0 Å². The van der Waals surface area contributed by atoms with Crippen molar-refractivity contribution in [1.29, 1.82) is 0 Å². The second-order valence-corrected chi connectivity index (χ2v) is 4.85. The van der Waals surface area contributed by atoms with E-state index in [9.17, 15) is 13.6 Å². The normalized spacial score (nSPS) is 16.8. The number of halogens is 2.